The van der Waals surface area contributed by atoms with E-state index in [9.17, 15) is 9.90 Å². The molecule has 0 aromatic heterocycles. The van der Waals surface area contributed by atoms with Gasteiger partial charge in [0.2, 0.25) is 0 Å². The van der Waals surface area contributed by atoms with Crippen molar-refractivity contribution >= 4 is 11.7 Å². The average molecular weight is 217 g/mol. The first-order valence-electron chi connectivity index (χ1n) is 5.85. The van der Waals surface area contributed by atoms with E-state index >= 15 is 0 Å². The highest BCUT2D eigenvalue weighted by atomic mass is 16.4. The highest BCUT2D eigenvalue weighted by Crippen LogP contribution is 2.38. The molecule has 16 heavy (non-hydrogen) atoms. The highest BCUT2D eigenvalue weighted by Gasteiger charge is 2.40. The number of hydrogen-bond donors (Lipinski definition) is 1. The summed E-state index contributed by atoms with van der Waals surface area (Å²) in [5.74, 6) is -0.871. The fraction of sp³-hybridized carbons (Fsp3) is 0.462. The van der Waals surface area contributed by atoms with E-state index in [1.807, 2.05) is 12.1 Å². The Labute approximate surface area is 94.7 Å². The van der Waals surface area contributed by atoms with Gasteiger partial charge in [0.05, 0.1) is 5.92 Å². The Morgan fingerprint density at radius 3 is 3.00 bits per heavy atom. The van der Waals surface area contributed by atoms with Crippen LogP contribution in [-0.2, 0) is 11.2 Å². The van der Waals surface area contributed by atoms with Crippen LogP contribution in [0, 0.1) is 5.92 Å². The Kier molecular flexibility index (Phi) is 2.13. The molecule has 1 aromatic rings. The predicted octanol–water partition coefficient (Wildman–Crippen LogP) is 1.91. The number of hydrogen-bond acceptors (Lipinski definition) is 2. The summed E-state index contributed by atoms with van der Waals surface area (Å²) in [6, 6.07) is 8.42. The zero-order chi connectivity index (χ0) is 11.1. The molecule has 0 radical (unpaired) electrons. The average Bonchev–Trinajstić information content (AvgIpc) is 2.76. The number of aliphatic carboxylic acids is 1. The van der Waals surface area contributed by atoms with Gasteiger partial charge in [-0.15, -0.1) is 0 Å². The van der Waals surface area contributed by atoms with Gasteiger partial charge in [-0.25, -0.2) is 0 Å². The summed E-state index contributed by atoms with van der Waals surface area (Å²) < 4.78 is 0. The zero-order valence-corrected chi connectivity index (χ0v) is 9.10. The molecule has 1 saturated heterocycles. The minimum atomic E-state index is -0.647. The number of fused-ring (bicyclic) bond motifs is 3. The van der Waals surface area contributed by atoms with Gasteiger partial charge in [-0.1, -0.05) is 18.2 Å². The molecule has 1 fully saturated rings. The van der Waals surface area contributed by atoms with Crippen LogP contribution in [0.2, 0.25) is 0 Å². The minimum absolute atomic E-state index is 0.215. The van der Waals surface area contributed by atoms with Crippen molar-refractivity contribution in [2.45, 2.75) is 25.3 Å². The maximum absolute atomic E-state index is 11.3. The van der Waals surface area contributed by atoms with Gasteiger partial charge in [-0.05, 0) is 30.9 Å². The maximum atomic E-state index is 11.3. The smallest absolute Gasteiger partial charge is 0.308 e. The van der Waals surface area contributed by atoms with Crippen LogP contribution in [0.25, 0.3) is 0 Å². The third-order valence-corrected chi connectivity index (χ3v) is 3.82. The molecule has 2 aliphatic rings. The molecule has 0 saturated carbocycles. The number of para-hydroxylation sites is 1. The second-order valence-corrected chi connectivity index (χ2v) is 4.68. The van der Waals surface area contributed by atoms with Crippen molar-refractivity contribution in [1.29, 1.82) is 0 Å². The SMILES string of the molecule is O=C(O)[C@@H]1Cc2ccccc2N2CCC[C@H]12. The normalized spacial score (nSPS) is 27.4. The molecule has 0 aliphatic carbocycles. The summed E-state index contributed by atoms with van der Waals surface area (Å²) in [5, 5.41) is 9.28. The minimum Gasteiger partial charge on any atom is -0.481 e. The van der Waals surface area contributed by atoms with E-state index in [-0.39, 0.29) is 12.0 Å². The van der Waals surface area contributed by atoms with E-state index in [0.29, 0.717) is 6.42 Å². The molecule has 3 heteroatoms. The molecular formula is C13H15NO2. The Bertz CT molecular complexity index is 430. The Morgan fingerprint density at radius 1 is 1.38 bits per heavy atom. The first-order chi connectivity index (χ1) is 7.77. The topological polar surface area (TPSA) is 40.5 Å². The molecule has 1 aromatic carbocycles. The quantitative estimate of drug-likeness (QED) is 0.781. The van der Waals surface area contributed by atoms with Crippen LogP contribution in [0.3, 0.4) is 0 Å². The van der Waals surface area contributed by atoms with E-state index in [1.165, 1.54) is 11.3 Å². The third-order valence-electron chi connectivity index (χ3n) is 3.82. The van der Waals surface area contributed by atoms with E-state index in [4.69, 9.17) is 0 Å². The number of rotatable bonds is 1. The van der Waals surface area contributed by atoms with E-state index < -0.39 is 5.97 Å². The Hall–Kier alpha value is -1.51. The van der Waals surface area contributed by atoms with Gasteiger partial charge in [0.25, 0.3) is 0 Å². The second kappa shape index (κ2) is 3.51. The van der Waals surface area contributed by atoms with Gasteiger partial charge < -0.3 is 10.0 Å². The summed E-state index contributed by atoms with van der Waals surface area (Å²) in [6.45, 7) is 1.01. The van der Waals surface area contributed by atoms with Crippen molar-refractivity contribution in [2.75, 3.05) is 11.4 Å². The van der Waals surface area contributed by atoms with Gasteiger partial charge in [-0.3, -0.25) is 4.79 Å². The summed E-state index contributed by atoms with van der Waals surface area (Å²) in [4.78, 5) is 13.6. The van der Waals surface area contributed by atoms with Gasteiger partial charge >= 0.3 is 5.97 Å². The van der Waals surface area contributed by atoms with Crippen LogP contribution in [0.4, 0.5) is 5.69 Å². The molecule has 0 spiro atoms. The third kappa shape index (κ3) is 1.31. The largest absolute Gasteiger partial charge is 0.481 e. The molecule has 0 amide bonds. The van der Waals surface area contributed by atoms with Crippen molar-refractivity contribution in [3.8, 4) is 0 Å². The predicted molar refractivity (Wildman–Crippen MR) is 61.6 cm³/mol. The summed E-state index contributed by atoms with van der Waals surface area (Å²) in [6.07, 6.45) is 2.82. The van der Waals surface area contributed by atoms with Crippen molar-refractivity contribution in [3.63, 3.8) is 0 Å². The number of nitrogens with zero attached hydrogens (tertiary/aromatic N) is 1. The number of benzene rings is 1. The summed E-state index contributed by atoms with van der Waals surface area (Å²) in [7, 11) is 0. The molecule has 3 nitrogen and oxygen atoms in total. The monoisotopic (exact) mass is 217 g/mol. The number of anilines is 1. The lowest BCUT2D eigenvalue weighted by molar-refractivity contribution is -0.142. The molecule has 84 valence electrons. The van der Waals surface area contributed by atoms with E-state index in [2.05, 4.69) is 17.0 Å². The van der Waals surface area contributed by atoms with E-state index in [1.54, 1.807) is 0 Å². The maximum Gasteiger partial charge on any atom is 0.308 e. The first kappa shape index (κ1) is 9.70. The number of carboxylic acid groups (broad SMARTS) is 1. The van der Waals surface area contributed by atoms with Crippen molar-refractivity contribution in [1.82, 2.24) is 0 Å². The van der Waals surface area contributed by atoms with Gasteiger partial charge in [0.15, 0.2) is 0 Å². The fourth-order valence-electron chi connectivity index (χ4n) is 3.10. The van der Waals surface area contributed by atoms with Crippen molar-refractivity contribution in [2.24, 2.45) is 5.92 Å². The number of carbonyl (C=O) groups is 1. The molecule has 0 unspecified atom stereocenters. The van der Waals surface area contributed by atoms with Crippen molar-refractivity contribution in [3.05, 3.63) is 29.8 Å². The fourth-order valence-corrected chi connectivity index (χ4v) is 3.10. The molecule has 2 atom stereocenters. The molecule has 3 rings (SSSR count). The van der Waals surface area contributed by atoms with Gasteiger partial charge in [-0.2, -0.15) is 0 Å². The van der Waals surface area contributed by atoms with Crippen LogP contribution in [0.15, 0.2) is 24.3 Å². The number of carboxylic acids is 1. The van der Waals surface area contributed by atoms with Gasteiger partial charge in [0, 0.05) is 18.3 Å². The Balaban J connectivity index is 2.05. The summed E-state index contributed by atoms with van der Waals surface area (Å²) >= 11 is 0. The Morgan fingerprint density at radius 2 is 2.19 bits per heavy atom. The molecule has 2 heterocycles. The molecule has 1 N–H and O–H groups in total. The van der Waals surface area contributed by atoms with E-state index in [0.717, 1.165) is 19.4 Å². The summed E-state index contributed by atoms with van der Waals surface area (Å²) in [5.41, 5.74) is 2.44. The van der Waals surface area contributed by atoms with Crippen LogP contribution in [-0.4, -0.2) is 23.7 Å². The second-order valence-electron chi connectivity index (χ2n) is 4.68. The van der Waals surface area contributed by atoms with Gasteiger partial charge in [0.1, 0.15) is 0 Å². The zero-order valence-electron chi connectivity index (χ0n) is 9.10. The first-order valence-corrected chi connectivity index (χ1v) is 5.85. The van der Waals surface area contributed by atoms with Crippen LogP contribution >= 0.6 is 0 Å². The van der Waals surface area contributed by atoms with Crippen LogP contribution < -0.4 is 4.90 Å². The standard InChI is InChI=1S/C13H15NO2/c15-13(16)10-8-9-4-1-2-5-11(9)14-7-3-6-12(10)14/h1-2,4-5,10,12H,3,6-8H2,(H,15,16)/t10-,12-/m1/s1. The molecule has 0 bridgehead atoms. The van der Waals surface area contributed by atoms with Crippen LogP contribution in [0.5, 0.6) is 0 Å². The highest BCUT2D eigenvalue weighted by molar-refractivity contribution is 5.75. The lowest BCUT2D eigenvalue weighted by Gasteiger charge is -2.37. The molecular weight excluding hydrogens is 202 g/mol. The molecule has 2 aliphatic heterocycles. The lowest BCUT2D eigenvalue weighted by atomic mass is 9.86. The lowest BCUT2D eigenvalue weighted by Crippen LogP contribution is -2.44. The van der Waals surface area contributed by atoms with Crippen LogP contribution in [0.1, 0.15) is 18.4 Å². The van der Waals surface area contributed by atoms with Crippen molar-refractivity contribution < 1.29 is 9.90 Å².